The lowest BCUT2D eigenvalue weighted by Gasteiger charge is -2.23. The van der Waals surface area contributed by atoms with Crippen molar-refractivity contribution in [2.75, 3.05) is 7.11 Å². The maximum atomic E-state index is 12.8. The highest BCUT2D eigenvalue weighted by molar-refractivity contribution is 6.44. The number of fused-ring (bicyclic) bond motifs is 2. The van der Waals surface area contributed by atoms with Gasteiger partial charge in [0.05, 0.1) is 39.4 Å². The van der Waals surface area contributed by atoms with Gasteiger partial charge in [-0.15, -0.1) is 0 Å². The maximum absolute atomic E-state index is 12.8. The summed E-state index contributed by atoms with van der Waals surface area (Å²) in [6, 6.07) is 2.43. The summed E-state index contributed by atoms with van der Waals surface area (Å²) in [7, 11) is 1.32. The van der Waals surface area contributed by atoms with Crippen LogP contribution in [-0.2, 0) is 0 Å². The van der Waals surface area contributed by atoms with E-state index in [0.717, 1.165) is 6.07 Å². The standard InChI is InChI=1S/C16H10Cl2O5/c1-5-3-6(19)9-11(13(5)17)16(22)12-10(15(9)21)7(20)4-8(23-2)14(12)18/h3-4,19-20H,1-2H3. The summed E-state index contributed by atoms with van der Waals surface area (Å²) in [5.74, 6) is -2.16. The van der Waals surface area contributed by atoms with Gasteiger partial charge in [-0.25, -0.2) is 0 Å². The number of hydrogen-bond donors (Lipinski definition) is 2. The molecule has 0 bridgehead atoms. The van der Waals surface area contributed by atoms with Gasteiger partial charge >= 0.3 is 0 Å². The van der Waals surface area contributed by atoms with Gasteiger partial charge in [-0.05, 0) is 18.6 Å². The van der Waals surface area contributed by atoms with Crippen molar-refractivity contribution in [3.05, 3.63) is 50.0 Å². The summed E-state index contributed by atoms with van der Waals surface area (Å²) < 4.78 is 5.00. The molecule has 2 N–H and O–H groups in total. The van der Waals surface area contributed by atoms with Gasteiger partial charge in [0.2, 0.25) is 5.78 Å². The van der Waals surface area contributed by atoms with E-state index in [0.29, 0.717) is 5.56 Å². The highest BCUT2D eigenvalue weighted by Crippen LogP contribution is 2.45. The maximum Gasteiger partial charge on any atom is 0.202 e. The zero-order chi connectivity index (χ0) is 17.0. The zero-order valence-corrected chi connectivity index (χ0v) is 13.5. The van der Waals surface area contributed by atoms with Crippen molar-refractivity contribution < 1.29 is 24.5 Å². The third kappa shape index (κ3) is 2.00. The molecular weight excluding hydrogens is 343 g/mol. The molecule has 1 aliphatic carbocycles. The molecule has 0 spiro atoms. The quantitative estimate of drug-likeness (QED) is 0.700. The summed E-state index contributed by atoms with van der Waals surface area (Å²) >= 11 is 12.3. The highest BCUT2D eigenvalue weighted by atomic mass is 35.5. The fraction of sp³-hybridized carbons (Fsp3) is 0.125. The van der Waals surface area contributed by atoms with Crippen LogP contribution in [0, 0.1) is 6.92 Å². The van der Waals surface area contributed by atoms with Gasteiger partial charge in [-0.1, -0.05) is 23.2 Å². The predicted molar refractivity (Wildman–Crippen MR) is 84.4 cm³/mol. The Labute approximate surface area is 141 Å². The summed E-state index contributed by atoms with van der Waals surface area (Å²) in [5, 5.41) is 20.1. The van der Waals surface area contributed by atoms with Crippen molar-refractivity contribution >= 4 is 34.8 Å². The van der Waals surface area contributed by atoms with Gasteiger partial charge in [-0.2, -0.15) is 0 Å². The van der Waals surface area contributed by atoms with Crippen molar-refractivity contribution in [3.8, 4) is 17.2 Å². The molecule has 5 nitrogen and oxygen atoms in total. The van der Waals surface area contributed by atoms with Gasteiger partial charge in [0.15, 0.2) is 5.78 Å². The number of aromatic hydroxyl groups is 2. The minimum absolute atomic E-state index is 0.0557. The van der Waals surface area contributed by atoms with Crippen molar-refractivity contribution in [1.29, 1.82) is 0 Å². The van der Waals surface area contributed by atoms with Crippen LogP contribution < -0.4 is 4.74 Å². The van der Waals surface area contributed by atoms with E-state index in [1.807, 2.05) is 0 Å². The Hall–Kier alpha value is -2.24. The number of rotatable bonds is 1. The van der Waals surface area contributed by atoms with E-state index in [1.165, 1.54) is 13.2 Å². The Morgan fingerprint density at radius 2 is 1.35 bits per heavy atom. The van der Waals surface area contributed by atoms with Crippen molar-refractivity contribution in [2.45, 2.75) is 6.92 Å². The van der Waals surface area contributed by atoms with Gasteiger partial charge in [0.25, 0.3) is 0 Å². The van der Waals surface area contributed by atoms with Crippen LogP contribution in [0.4, 0.5) is 0 Å². The van der Waals surface area contributed by atoms with E-state index in [9.17, 15) is 19.8 Å². The molecule has 7 heteroatoms. The summed E-state index contributed by atoms with van der Waals surface area (Å²) in [5.41, 5.74) is -0.391. The number of ether oxygens (including phenoxy) is 1. The van der Waals surface area contributed by atoms with E-state index in [2.05, 4.69) is 0 Å². The molecule has 23 heavy (non-hydrogen) atoms. The van der Waals surface area contributed by atoms with Gasteiger partial charge < -0.3 is 14.9 Å². The Balaban J connectivity index is 2.46. The predicted octanol–water partition coefficient (Wildman–Crippen LogP) is 3.50. The van der Waals surface area contributed by atoms with Gasteiger partial charge in [0, 0.05) is 6.07 Å². The number of benzene rings is 2. The molecule has 0 saturated heterocycles. The second kappa shape index (κ2) is 5.15. The average molecular weight is 353 g/mol. The Bertz CT molecular complexity index is 902. The van der Waals surface area contributed by atoms with Crippen molar-refractivity contribution in [1.82, 2.24) is 0 Å². The third-order valence-corrected chi connectivity index (χ3v) is 4.63. The van der Waals surface area contributed by atoms with E-state index in [1.54, 1.807) is 6.92 Å². The number of phenols is 2. The van der Waals surface area contributed by atoms with Crippen LogP contribution in [-0.4, -0.2) is 28.9 Å². The SMILES string of the molecule is COc1cc(O)c2c(c1Cl)C(=O)c1c(Cl)c(C)cc(O)c1C2=O. The molecule has 0 saturated carbocycles. The Morgan fingerprint density at radius 1 is 0.870 bits per heavy atom. The molecule has 2 aromatic carbocycles. The molecule has 0 aliphatic heterocycles. The van der Waals surface area contributed by atoms with Crippen LogP contribution >= 0.6 is 23.2 Å². The van der Waals surface area contributed by atoms with E-state index in [4.69, 9.17) is 27.9 Å². The molecular formula is C16H10Cl2O5. The molecule has 0 heterocycles. The third-order valence-electron chi connectivity index (χ3n) is 3.76. The number of carbonyl (C=O) groups excluding carboxylic acids is 2. The number of ketones is 2. The highest BCUT2D eigenvalue weighted by Gasteiger charge is 2.39. The fourth-order valence-corrected chi connectivity index (χ4v) is 3.23. The number of halogens is 2. The molecule has 118 valence electrons. The Kier molecular flexibility index (Phi) is 3.50. The van der Waals surface area contributed by atoms with Gasteiger partial charge in [0.1, 0.15) is 17.2 Å². The van der Waals surface area contributed by atoms with Crippen LogP contribution in [0.3, 0.4) is 0 Å². The van der Waals surface area contributed by atoms with Crippen LogP contribution in [0.5, 0.6) is 17.2 Å². The summed E-state index contributed by atoms with van der Waals surface area (Å²) in [6.45, 7) is 1.60. The lowest BCUT2D eigenvalue weighted by Crippen LogP contribution is -2.23. The van der Waals surface area contributed by atoms with E-state index < -0.39 is 17.3 Å². The minimum atomic E-state index is -0.726. The summed E-state index contributed by atoms with van der Waals surface area (Å²) in [4.78, 5) is 25.5. The largest absolute Gasteiger partial charge is 0.507 e. The molecule has 0 radical (unpaired) electrons. The first-order valence-electron chi connectivity index (χ1n) is 6.50. The molecule has 3 rings (SSSR count). The number of phenolic OH excluding ortho intramolecular Hbond substituents is 2. The second-order valence-electron chi connectivity index (χ2n) is 5.10. The molecule has 0 amide bonds. The monoisotopic (exact) mass is 352 g/mol. The number of methoxy groups -OCH3 is 1. The first-order valence-corrected chi connectivity index (χ1v) is 7.26. The first kappa shape index (κ1) is 15.6. The second-order valence-corrected chi connectivity index (χ2v) is 5.85. The minimum Gasteiger partial charge on any atom is -0.507 e. The van der Waals surface area contributed by atoms with Crippen molar-refractivity contribution in [2.24, 2.45) is 0 Å². The van der Waals surface area contributed by atoms with Crippen LogP contribution in [0.15, 0.2) is 12.1 Å². The fourth-order valence-electron chi connectivity index (χ4n) is 2.68. The van der Waals surface area contributed by atoms with E-state index >= 15 is 0 Å². The number of carbonyl (C=O) groups is 2. The van der Waals surface area contributed by atoms with Crippen molar-refractivity contribution in [3.63, 3.8) is 0 Å². The topological polar surface area (TPSA) is 83.8 Å². The lowest BCUT2D eigenvalue weighted by molar-refractivity contribution is 0.0974. The summed E-state index contributed by atoms with van der Waals surface area (Å²) in [6.07, 6.45) is 0. The number of aryl methyl sites for hydroxylation is 1. The lowest BCUT2D eigenvalue weighted by atomic mass is 9.82. The number of hydrogen-bond acceptors (Lipinski definition) is 5. The average Bonchev–Trinajstić information content (AvgIpc) is 2.50. The molecule has 0 fully saturated rings. The smallest absolute Gasteiger partial charge is 0.202 e. The first-order chi connectivity index (χ1) is 10.8. The zero-order valence-electron chi connectivity index (χ0n) is 12.0. The molecule has 2 aromatic rings. The normalized spacial score (nSPS) is 12.9. The Morgan fingerprint density at radius 3 is 1.91 bits per heavy atom. The molecule has 0 aromatic heterocycles. The molecule has 0 atom stereocenters. The van der Waals surface area contributed by atoms with Gasteiger partial charge in [-0.3, -0.25) is 9.59 Å². The molecule has 0 unspecified atom stereocenters. The van der Waals surface area contributed by atoms with E-state index in [-0.39, 0.29) is 43.8 Å². The van der Waals surface area contributed by atoms with Crippen LogP contribution in [0.1, 0.15) is 37.4 Å². The van der Waals surface area contributed by atoms with Crippen LogP contribution in [0.2, 0.25) is 10.0 Å². The molecule has 1 aliphatic rings. The van der Waals surface area contributed by atoms with Crippen LogP contribution in [0.25, 0.3) is 0 Å².